The van der Waals surface area contributed by atoms with E-state index in [2.05, 4.69) is 9.97 Å². The van der Waals surface area contributed by atoms with E-state index in [0.717, 1.165) is 0 Å². The molecule has 124 valence electrons. The van der Waals surface area contributed by atoms with Gasteiger partial charge in [0.15, 0.2) is 0 Å². The van der Waals surface area contributed by atoms with Crippen LogP contribution in [0.3, 0.4) is 0 Å². The standard InChI is InChI=1S/C16H12Cl2FN3O2/c1-23-10-5-11(24-2)14(18)12(13(10)17)7-3-8-6-21-16(20)22-15(8)9(19)4-7/h3-6H,1-2H3,(H2,20,21,22). The number of nitrogens with zero attached hydrogens (tertiary/aromatic N) is 2. The van der Waals surface area contributed by atoms with E-state index in [0.29, 0.717) is 28.0 Å². The number of anilines is 1. The molecule has 0 unspecified atom stereocenters. The van der Waals surface area contributed by atoms with Gasteiger partial charge in [0.05, 0.1) is 24.3 Å². The first kappa shape index (κ1) is 16.5. The van der Waals surface area contributed by atoms with Gasteiger partial charge < -0.3 is 15.2 Å². The monoisotopic (exact) mass is 367 g/mol. The Bertz CT molecular complexity index is 922. The summed E-state index contributed by atoms with van der Waals surface area (Å²) in [5.74, 6) is 0.155. The molecule has 0 amide bonds. The van der Waals surface area contributed by atoms with E-state index < -0.39 is 5.82 Å². The van der Waals surface area contributed by atoms with Gasteiger partial charge in [-0.05, 0) is 17.7 Å². The van der Waals surface area contributed by atoms with Crippen molar-refractivity contribution in [1.82, 2.24) is 9.97 Å². The van der Waals surface area contributed by atoms with Gasteiger partial charge in [-0.15, -0.1) is 0 Å². The fourth-order valence-corrected chi connectivity index (χ4v) is 3.12. The van der Waals surface area contributed by atoms with Gasteiger partial charge in [0.25, 0.3) is 0 Å². The first-order chi connectivity index (χ1) is 11.5. The number of methoxy groups -OCH3 is 2. The first-order valence-electron chi connectivity index (χ1n) is 6.78. The molecular formula is C16H12Cl2FN3O2. The molecule has 0 bridgehead atoms. The average Bonchev–Trinajstić information content (AvgIpc) is 2.56. The molecule has 0 aliphatic carbocycles. The summed E-state index contributed by atoms with van der Waals surface area (Å²) in [6.07, 6.45) is 1.43. The smallest absolute Gasteiger partial charge is 0.220 e. The highest BCUT2D eigenvalue weighted by molar-refractivity contribution is 6.41. The Morgan fingerprint density at radius 3 is 2.25 bits per heavy atom. The molecule has 0 aliphatic rings. The predicted octanol–water partition coefficient (Wildman–Crippen LogP) is 4.34. The van der Waals surface area contributed by atoms with Crippen molar-refractivity contribution in [2.45, 2.75) is 0 Å². The molecule has 2 aromatic carbocycles. The number of fused-ring (bicyclic) bond motifs is 1. The van der Waals surface area contributed by atoms with Crippen LogP contribution in [0.1, 0.15) is 0 Å². The van der Waals surface area contributed by atoms with E-state index >= 15 is 0 Å². The Labute approximate surface area is 147 Å². The van der Waals surface area contributed by atoms with Crippen molar-refractivity contribution in [2.24, 2.45) is 0 Å². The zero-order chi connectivity index (χ0) is 17.4. The molecule has 0 aliphatic heterocycles. The van der Waals surface area contributed by atoms with E-state index in [1.165, 1.54) is 26.5 Å². The molecule has 2 N–H and O–H groups in total. The lowest BCUT2D eigenvalue weighted by Crippen LogP contribution is -1.97. The summed E-state index contributed by atoms with van der Waals surface area (Å²) in [5, 5.41) is 0.963. The molecule has 8 heteroatoms. The fraction of sp³-hybridized carbons (Fsp3) is 0.125. The Kier molecular flexibility index (Phi) is 4.34. The van der Waals surface area contributed by atoms with Crippen molar-refractivity contribution >= 4 is 40.1 Å². The summed E-state index contributed by atoms with van der Waals surface area (Å²) < 4.78 is 24.9. The van der Waals surface area contributed by atoms with Gasteiger partial charge in [0, 0.05) is 23.2 Å². The molecule has 0 saturated carbocycles. The van der Waals surface area contributed by atoms with E-state index in [1.807, 2.05) is 0 Å². The van der Waals surface area contributed by atoms with Crippen molar-refractivity contribution in [3.8, 4) is 22.6 Å². The molecule has 0 saturated heterocycles. The summed E-state index contributed by atoms with van der Waals surface area (Å²) in [7, 11) is 2.94. The quantitative estimate of drug-likeness (QED) is 0.745. The second-order valence-electron chi connectivity index (χ2n) is 4.91. The van der Waals surface area contributed by atoms with E-state index in [9.17, 15) is 4.39 Å². The molecule has 24 heavy (non-hydrogen) atoms. The number of hydrogen-bond donors (Lipinski definition) is 1. The molecule has 3 aromatic rings. The normalized spacial score (nSPS) is 10.9. The van der Waals surface area contributed by atoms with Gasteiger partial charge in [-0.2, -0.15) is 0 Å². The summed E-state index contributed by atoms with van der Waals surface area (Å²) >= 11 is 12.7. The predicted molar refractivity (Wildman–Crippen MR) is 92.5 cm³/mol. The zero-order valence-corrected chi connectivity index (χ0v) is 14.2. The van der Waals surface area contributed by atoms with Crippen LogP contribution >= 0.6 is 23.2 Å². The number of ether oxygens (including phenoxy) is 2. The topological polar surface area (TPSA) is 70.3 Å². The van der Waals surface area contributed by atoms with Crippen molar-refractivity contribution in [1.29, 1.82) is 0 Å². The summed E-state index contributed by atoms with van der Waals surface area (Å²) in [5.41, 5.74) is 6.46. The maximum atomic E-state index is 14.4. The van der Waals surface area contributed by atoms with Crippen molar-refractivity contribution < 1.29 is 13.9 Å². The largest absolute Gasteiger partial charge is 0.495 e. The fourth-order valence-electron chi connectivity index (χ4n) is 2.40. The lowest BCUT2D eigenvalue weighted by molar-refractivity contribution is 0.395. The third-order valence-electron chi connectivity index (χ3n) is 3.52. The van der Waals surface area contributed by atoms with Crippen LogP contribution in [-0.2, 0) is 0 Å². The van der Waals surface area contributed by atoms with Crippen LogP contribution in [0.4, 0.5) is 10.3 Å². The van der Waals surface area contributed by atoms with Gasteiger partial charge in [-0.1, -0.05) is 23.2 Å². The molecule has 3 rings (SSSR count). The number of nitrogens with two attached hydrogens (primary N) is 1. The minimum absolute atomic E-state index is 0.00624. The lowest BCUT2D eigenvalue weighted by atomic mass is 10.0. The van der Waals surface area contributed by atoms with Gasteiger partial charge in [0.1, 0.15) is 22.8 Å². The highest BCUT2D eigenvalue weighted by atomic mass is 35.5. The summed E-state index contributed by atoms with van der Waals surface area (Å²) in [6.45, 7) is 0. The first-order valence-corrected chi connectivity index (χ1v) is 7.54. The number of halogens is 3. The summed E-state index contributed by atoms with van der Waals surface area (Å²) in [4.78, 5) is 7.78. The Balaban J connectivity index is 2.33. The Morgan fingerprint density at radius 2 is 1.67 bits per heavy atom. The maximum Gasteiger partial charge on any atom is 0.220 e. The van der Waals surface area contributed by atoms with Gasteiger partial charge in [0.2, 0.25) is 5.95 Å². The molecule has 1 aromatic heterocycles. The number of rotatable bonds is 3. The van der Waals surface area contributed by atoms with Crippen LogP contribution in [-0.4, -0.2) is 24.2 Å². The number of benzene rings is 2. The van der Waals surface area contributed by atoms with Crippen LogP contribution in [0.15, 0.2) is 24.4 Å². The van der Waals surface area contributed by atoms with Crippen molar-refractivity contribution in [3.63, 3.8) is 0 Å². The minimum Gasteiger partial charge on any atom is -0.495 e. The van der Waals surface area contributed by atoms with Gasteiger partial charge in [-0.25, -0.2) is 14.4 Å². The lowest BCUT2D eigenvalue weighted by Gasteiger charge is -2.15. The SMILES string of the molecule is COc1cc(OC)c(Cl)c(-c2cc(F)c3nc(N)ncc3c2)c1Cl. The molecule has 5 nitrogen and oxygen atoms in total. The summed E-state index contributed by atoms with van der Waals surface area (Å²) in [6, 6.07) is 4.51. The van der Waals surface area contributed by atoms with Gasteiger partial charge in [-0.3, -0.25) is 0 Å². The Morgan fingerprint density at radius 1 is 1.04 bits per heavy atom. The second-order valence-corrected chi connectivity index (χ2v) is 5.66. The van der Waals surface area contributed by atoms with Crippen LogP contribution in [0, 0.1) is 5.82 Å². The molecule has 0 spiro atoms. The van der Waals surface area contributed by atoms with Crippen molar-refractivity contribution in [2.75, 3.05) is 20.0 Å². The third kappa shape index (κ3) is 2.68. The maximum absolute atomic E-state index is 14.4. The zero-order valence-electron chi connectivity index (χ0n) is 12.7. The minimum atomic E-state index is -0.564. The van der Waals surface area contributed by atoms with E-state index in [1.54, 1.807) is 12.1 Å². The average molecular weight is 368 g/mol. The van der Waals surface area contributed by atoms with Crippen LogP contribution in [0.25, 0.3) is 22.0 Å². The van der Waals surface area contributed by atoms with E-state index in [4.69, 9.17) is 38.4 Å². The van der Waals surface area contributed by atoms with Crippen LogP contribution in [0.2, 0.25) is 10.0 Å². The number of aromatic nitrogens is 2. The Hall–Kier alpha value is -2.31. The second kappa shape index (κ2) is 6.30. The number of hydrogen-bond acceptors (Lipinski definition) is 5. The molecule has 0 atom stereocenters. The molecule has 0 fully saturated rings. The third-order valence-corrected chi connectivity index (χ3v) is 4.27. The molecule has 1 heterocycles. The van der Waals surface area contributed by atoms with Crippen molar-refractivity contribution in [3.05, 3.63) is 40.3 Å². The molecular weight excluding hydrogens is 356 g/mol. The highest BCUT2D eigenvalue weighted by Gasteiger charge is 2.20. The molecule has 0 radical (unpaired) electrons. The number of nitrogen functional groups attached to an aromatic ring is 1. The van der Waals surface area contributed by atoms with Gasteiger partial charge >= 0.3 is 0 Å². The highest BCUT2D eigenvalue weighted by Crippen LogP contribution is 2.46. The van der Waals surface area contributed by atoms with Crippen LogP contribution < -0.4 is 15.2 Å². The van der Waals surface area contributed by atoms with E-state index in [-0.39, 0.29) is 21.5 Å². The van der Waals surface area contributed by atoms with Crippen LogP contribution in [0.5, 0.6) is 11.5 Å².